The summed E-state index contributed by atoms with van der Waals surface area (Å²) < 4.78 is 0. The lowest BCUT2D eigenvalue weighted by molar-refractivity contribution is -0.384. The van der Waals surface area contributed by atoms with Crippen LogP contribution in [0.1, 0.15) is 44.6 Å². The molecule has 128 valence electrons. The summed E-state index contributed by atoms with van der Waals surface area (Å²) in [5.74, 6) is -0.742. The number of hydrogen-bond donors (Lipinski definition) is 2. The van der Waals surface area contributed by atoms with E-state index in [9.17, 15) is 19.7 Å². The van der Waals surface area contributed by atoms with Crippen LogP contribution in [0.5, 0.6) is 0 Å². The van der Waals surface area contributed by atoms with Gasteiger partial charge in [0.25, 0.3) is 11.6 Å². The van der Waals surface area contributed by atoms with Crippen molar-refractivity contribution < 1.29 is 14.5 Å². The minimum atomic E-state index is -0.502. The summed E-state index contributed by atoms with van der Waals surface area (Å²) in [4.78, 5) is 34.2. The van der Waals surface area contributed by atoms with E-state index in [0.717, 1.165) is 25.7 Å². The summed E-state index contributed by atoms with van der Waals surface area (Å²) in [5.41, 5.74) is 0.499. The van der Waals surface area contributed by atoms with Gasteiger partial charge in [0.05, 0.1) is 4.92 Å². The summed E-state index contributed by atoms with van der Waals surface area (Å²) in [6.45, 7) is 1.31. The highest BCUT2D eigenvalue weighted by Gasteiger charge is 2.19. The van der Waals surface area contributed by atoms with Gasteiger partial charge in [-0.05, 0) is 24.5 Å². The summed E-state index contributed by atoms with van der Waals surface area (Å²) >= 11 is 0. The number of nitrogens with one attached hydrogen (secondary N) is 2. The molecule has 7 heteroatoms. The van der Waals surface area contributed by atoms with Gasteiger partial charge in [-0.1, -0.05) is 31.4 Å². The maximum atomic E-state index is 12.4. The van der Waals surface area contributed by atoms with Crippen molar-refractivity contribution in [2.75, 3.05) is 0 Å². The summed E-state index contributed by atoms with van der Waals surface area (Å²) in [6.07, 6.45) is 6.64. The van der Waals surface area contributed by atoms with Crippen LogP contribution in [-0.2, 0) is 9.59 Å². The predicted octanol–water partition coefficient (Wildman–Crippen LogP) is 2.52. The van der Waals surface area contributed by atoms with Crippen molar-refractivity contribution in [1.82, 2.24) is 10.6 Å². The highest BCUT2D eigenvalue weighted by molar-refractivity contribution is 6.01. The van der Waals surface area contributed by atoms with Crippen molar-refractivity contribution in [2.45, 2.75) is 45.1 Å². The lowest BCUT2D eigenvalue weighted by Gasteiger charge is -2.23. The second-order valence-corrected chi connectivity index (χ2v) is 5.90. The number of nitrogens with zero attached hydrogens (tertiary/aromatic N) is 1. The van der Waals surface area contributed by atoms with E-state index in [0.29, 0.717) is 5.56 Å². The van der Waals surface area contributed by atoms with Gasteiger partial charge in [-0.2, -0.15) is 0 Å². The normalized spacial score (nSPS) is 15.6. The molecule has 2 N–H and O–H groups in total. The number of non-ortho nitro benzene ring substituents is 1. The van der Waals surface area contributed by atoms with Gasteiger partial charge in [0, 0.05) is 25.1 Å². The summed E-state index contributed by atoms with van der Waals surface area (Å²) in [7, 11) is 0. The molecular weight excluding hydrogens is 310 g/mol. The fourth-order valence-corrected chi connectivity index (χ4v) is 2.75. The Morgan fingerprint density at radius 3 is 2.58 bits per heavy atom. The van der Waals surface area contributed by atoms with Crippen molar-refractivity contribution in [3.8, 4) is 0 Å². The average Bonchev–Trinajstić information content (AvgIpc) is 2.55. The van der Waals surface area contributed by atoms with Gasteiger partial charge >= 0.3 is 0 Å². The highest BCUT2D eigenvalue weighted by Crippen LogP contribution is 2.18. The van der Waals surface area contributed by atoms with Crippen LogP contribution in [0.3, 0.4) is 0 Å². The monoisotopic (exact) mass is 331 g/mol. The molecule has 24 heavy (non-hydrogen) atoms. The fraction of sp³-hybridized carbons (Fsp3) is 0.412. The molecule has 2 amide bonds. The van der Waals surface area contributed by atoms with Crippen molar-refractivity contribution in [2.24, 2.45) is 0 Å². The number of amides is 2. The third kappa shape index (κ3) is 5.19. The zero-order valence-corrected chi connectivity index (χ0v) is 13.6. The van der Waals surface area contributed by atoms with E-state index in [1.807, 2.05) is 0 Å². The molecule has 0 aliphatic heterocycles. The Bertz CT molecular complexity index is 664. The van der Waals surface area contributed by atoms with Crippen LogP contribution >= 0.6 is 0 Å². The van der Waals surface area contributed by atoms with Gasteiger partial charge in [0.15, 0.2) is 0 Å². The molecule has 0 aromatic heterocycles. The van der Waals surface area contributed by atoms with Gasteiger partial charge in [-0.3, -0.25) is 19.7 Å². The van der Waals surface area contributed by atoms with Crippen LogP contribution in [0.15, 0.2) is 30.0 Å². The Kier molecular flexibility index (Phi) is 6.06. The Morgan fingerprint density at radius 2 is 1.96 bits per heavy atom. The maximum absolute atomic E-state index is 12.4. The van der Waals surface area contributed by atoms with E-state index < -0.39 is 4.92 Å². The Balaban J connectivity index is 2.19. The number of carbonyl (C=O) groups excluding carboxylic acids is 2. The van der Waals surface area contributed by atoms with Crippen molar-refractivity contribution >= 4 is 23.6 Å². The first-order valence-corrected chi connectivity index (χ1v) is 8.00. The SMILES string of the molecule is CC(=O)N/C(=C/c1cccc([N+](=O)[O-])c1)C(=O)NC1CCCCC1. The fourth-order valence-electron chi connectivity index (χ4n) is 2.75. The van der Waals surface area contributed by atoms with Gasteiger partial charge in [0.2, 0.25) is 5.91 Å². The first-order valence-electron chi connectivity index (χ1n) is 8.00. The Labute approximate surface area is 140 Å². The van der Waals surface area contributed by atoms with E-state index in [4.69, 9.17) is 0 Å². The van der Waals surface area contributed by atoms with E-state index in [1.165, 1.54) is 37.6 Å². The standard InChI is InChI=1S/C17H21N3O4/c1-12(21)18-16(17(22)19-14-7-3-2-4-8-14)11-13-6-5-9-15(10-13)20(23)24/h5-6,9-11,14H,2-4,7-8H2,1H3,(H,18,21)(H,19,22)/b16-11+. The number of carbonyl (C=O) groups is 2. The second-order valence-electron chi connectivity index (χ2n) is 5.90. The first kappa shape index (κ1) is 17.7. The molecule has 0 bridgehead atoms. The zero-order chi connectivity index (χ0) is 17.5. The lowest BCUT2D eigenvalue weighted by atomic mass is 9.95. The molecule has 1 aromatic carbocycles. The van der Waals surface area contributed by atoms with Gasteiger partial charge < -0.3 is 10.6 Å². The number of rotatable bonds is 5. The van der Waals surface area contributed by atoms with Crippen molar-refractivity contribution in [1.29, 1.82) is 0 Å². The number of hydrogen-bond acceptors (Lipinski definition) is 4. The van der Waals surface area contributed by atoms with Gasteiger partial charge in [0.1, 0.15) is 5.70 Å². The van der Waals surface area contributed by atoms with Crippen LogP contribution in [0.25, 0.3) is 6.08 Å². The van der Waals surface area contributed by atoms with Crippen LogP contribution in [0, 0.1) is 10.1 Å². The molecule has 0 spiro atoms. The molecule has 0 heterocycles. The molecule has 1 aliphatic carbocycles. The molecule has 2 rings (SSSR count). The molecule has 1 fully saturated rings. The third-order valence-corrected chi connectivity index (χ3v) is 3.89. The molecule has 1 aromatic rings. The predicted molar refractivity (Wildman–Crippen MR) is 89.9 cm³/mol. The molecule has 1 saturated carbocycles. The van der Waals surface area contributed by atoms with Crippen molar-refractivity contribution in [3.05, 3.63) is 45.6 Å². The van der Waals surface area contributed by atoms with E-state index >= 15 is 0 Å². The first-order chi connectivity index (χ1) is 11.5. The third-order valence-electron chi connectivity index (χ3n) is 3.89. The molecule has 0 atom stereocenters. The second kappa shape index (κ2) is 8.24. The molecule has 7 nitrogen and oxygen atoms in total. The molecule has 1 aliphatic rings. The number of benzene rings is 1. The molecule has 0 radical (unpaired) electrons. The van der Waals surface area contributed by atoms with Crippen LogP contribution < -0.4 is 10.6 Å². The Hall–Kier alpha value is -2.70. The van der Waals surface area contributed by atoms with Crippen molar-refractivity contribution in [3.63, 3.8) is 0 Å². The van der Waals surface area contributed by atoms with Gasteiger partial charge in [-0.15, -0.1) is 0 Å². The van der Waals surface area contributed by atoms with E-state index in [2.05, 4.69) is 10.6 Å². The van der Waals surface area contributed by atoms with E-state index in [1.54, 1.807) is 6.07 Å². The molecule has 0 unspecified atom stereocenters. The quantitative estimate of drug-likeness (QED) is 0.492. The smallest absolute Gasteiger partial charge is 0.270 e. The largest absolute Gasteiger partial charge is 0.348 e. The van der Waals surface area contributed by atoms with Crippen LogP contribution in [-0.4, -0.2) is 22.8 Å². The molecular formula is C17H21N3O4. The summed E-state index contributed by atoms with van der Waals surface area (Å²) in [6, 6.07) is 6.01. The molecule has 0 saturated heterocycles. The zero-order valence-electron chi connectivity index (χ0n) is 13.6. The average molecular weight is 331 g/mol. The highest BCUT2D eigenvalue weighted by atomic mass is 16.6. The number of nitro groups is 1. The topological polar surface area (TPSA) is 101 Å². The minimum Gasteiger partial charge on any atom is -0.348 e. The van der Waals surface area contributed by atoms with Gasteiger partial charge in [-0.25, -0.2) is 0 Å². The summed E-state index contributed by atoms with van der Waals surface area (Å²) in [5, 5.41) is 16.3. The van der Waals surface area contributed by atoms with Crippen LogP contribution in [0.2, 0.25) is 0 Å². The minimum absolute atomic E-state index is 0.0707. The van der Waals surface area contributed by atoms with E-state index in [-0.39, 0.29) is 29.2 Å². The van der Waals surface area contributed by atoms with Crippen LogP contribution in [0.4, 0.5) is 5.69 Å². The number of nitro benzene ring substituents is 1. The Morgan fingerprint density at radius 1 is 1.25 bits per heavy atom. The maximum Gasteiger partial charge on any atom is 0.270 e. The lowest BCUT2D eigenvalue weighted by Crippen LogP contribution is -2.40.